The van der Waals surface area contributed by atoms with Gasteiger partial charge in [0.1, 0.15) is 155 Å². The molecule has 44 heteroatoms. The maximum absolute atomic E-state index is 14.0. The second kappa shape index (κ2) is 55.1. The summed E-state index contributed by atoms with van der Waals surface area (Å²) >= 11 is 30.4. The summed E-state index contributed by atoms with van der Waals surface area (Å²) in [6, 6.07) is 19.0. The number of ether oxygens (including phenoxy) is 8. The molecule has 4 amide bonds. The first-order chi connectivity index (χ1) is 67.0. The van der Waals surface area contributed by atoms with Crippen LogP contribution in [0.3, 0.4) is 0 Å². The normalized spacial score (nSPS) is 39.4. The number of carbonyl (C=O) groups excluding carboxylic acids is 4. The van der Waals surface area contributed by atoms with Gasteiger partial charge in [-0.2, -0.15) is 0 Å². The molecule has 3 aromatic carbocycles. The van der Waals surface area contributed by atoms with Crippen molar-refractivity contribution in [2.75, 3.05) is 84.7 Å². The lowest BCUT2D eigenvalue weighted by atomic mass is 9.86. The van der Waals surface area contributed by atoms with E-state index in [2.05, 4.69) is 77.4 Å². The maximum Gasteiger partial charge on any atom is 0.240 e. The minimum absolute atomic E-state index is 0.0811. The Morgan fingerprint density at radius 2 is 0.700 bits per heavy atom. The molecule has 12 heterocycles. The van der Waals surface area contributed by atoms with Crippen molar-refractivity contribution < 1.29 is 127 Å². The average molecular weight is 2130 g/mol. The van der Waals surface area contributed by atoms with Crippen molar-refractivity contribution >= 4 is 117 Å². The Morgan fingerprint density at radius 1 is 0.393 bits per heavy atom. The van der Waals surface area contributed by atoms with Crippen LogP contribution in [0, 0.1) is 47.1 Å². The molecule has 0 bridgehead atoms. The molecule has 12 saturated heterocycles. The molecule has 12 aliphatic rings. The van der Waals surface area contributed by atoms with Gasteiger partial charge in [0.25, 0.3) is 0 Å². The first-order valence-electron chi connectivity index (χ1n) is 49.0. The maximum atomic E-state index is 14.0. The fourth-order valence-electron chi connectivity index (χ4n) is 21.6. The molecule has 3 aromatic rings. The molecule has 0 spiro atoms. The van der Waals surface area contributed by atoms with Crippen molar-refractivity contribution in [3.8, 4) is 0 Å². The van der Waals surface area contributed by atoms with E-state index in [9.17, 15) is 89.2 Å². The Bertz CT molecular complexity index is 4310. The molecule has 0 aromatic heterocycles. The summed E-state index contributed by atoms with van der Waals surface area (Å²) in [5, 5.41) is 153. The lowest BCUT2D eigenvalue weighted by molar-refractivity contribution is -0.205. The van der Waals surface area contributed by atoms with Gasteiger partial charge in [-0.25, -0.2) is 8.78 Å². The number of amides is 4. The number of fused-ring (bicyclic) bond motifs is 4. The van der Waals surface area contributed by atoms with Crippen LogP contribution in [0.25, 0.3) is 0 Å². The molecular weight excluding hydrogens is 1990 g/mol. The summed E-state index contributed by atoms with van der Waals surface area (Å²) in [4.78, 5) is 53.3. The number of aliphatic hydroxyl groups excluding tert-OH is 12. The number of benzene rings is 3. The van der Waals surface area contributed by atoms with Gasteiger partial charge in [0.15, 0.2) is 0 Å². The first-order valence-corrected chi connectivity index (χ1v) is 55.9. The van der Waals surface area contributed by atoms with Crippen LogP contribution < -0.4 is 53.2 Å². The topological polar surface area (TPSA) is 505 Å². The highest BCUT2D eigenvalue weighted by atomic mass is 35.5. The van der Waals surface area contributed by atoms with E-state index in [1.807, 2.05) is 25.2 Å². The molecule has 12 aliphatic heterocycles. The van der Waals surface area contributed by atoms with Crippen molar-refractivity contribution in [1.82, 2.24) is 53.2 Å². The summed E-state index contributed by atoms with van der Waals surface area (Å²) in [6.45, 7) is 12.0. The number of aliphatic hydroxyl groups is 12. The van der Waals surface area contributed by atoms with Crippen molar-refractivity contribution in [2.45, 2.75) is 337 Å². The highest BCUT2D eigenvalue weighted by Gasteiger charge is 2.56. The Kier molecular flexibility index (Phi) is 45.5. The van der Waals surface area contributed by atoms with Crippen LogP contribution in [0.2, 0.25) is 0 Å². The van der Waals surface area contributed by atoms with Crippen molar-refractivity contribution in [3.05, 3.63) is 107 Å². The van der Waals surface area contributed by atoms with Crippen LogP contribution in [0.15, 0.2) is 78.9 Å². The third kappa shape index (κ3) is 29.4. The molecule has 22 N–H and O–H groups in total. The van der Waals surface area contributed by atoms with E-state index in [-0.39, 0.29) is 89.4 Å². The second-order valence-electron chi connectivity index (χ2n) is 39.2. The van der Waals surface area contributed by atoms with Gasteiger partial charge in [0, 0.05) is 88.6 Å². The average Bonchev–Trinajstić information content (AvgIpc) is 1.05. The SMILES string of the molecule is CNC1CCO[C@@H]2[C@H](CN[C@@H]2C(=O)N[C@H]([C@H](C)Cl)[C@H]2OC(SC)[C@H](O)[C@H](O)C2O)C1.CSC1O[C@H]([C@H](NC(=O)[C@H]2NC[C@@H]3CC(NCc4ccccc4F)CCO[C@H]32)[C@H](C)Cl)C(O)[C@@H](O)[C@H]1O.CSC1O[C@H]([C@H](NC(=O)[C@H]2NC[C@@H]3C[C@@H](CCc4cccc(F)c4)CCO[C@H]32)[C@H](C)Cl)C(O)[C@@H](O)[C@H]1O.CSC1O[C@H]([C@H](NC(=O)[C@H]2NC[C@@H]3C[C@@H](CCc4ccccc4)CCO[C@H]32)[C@H](C)Cl)C(O)[C@@H](O)[C@H]1O. The molecule has 0 radical (unpaired) electrons. The zero-order chi connectivity index (χ0) is 101. The van der Waals surface area contributed by atoms with Gasteiger partial charge in [-0.3, -0.25) is 19.2 Å². The van der Waals surface area contributed by atoms with Crippen molar-refractivity contribution in [1.29, 1.82) is 0 Å². The Hall–Kier alpha value is -3.08. The molecular formula is C96H148Cl4F2N10O24S4. The van der Waals surface area contributed by atoms with Gasteiger partial charge < -0.3 is 152 Å². The fraction of sp³-hybridized carbons (Fsp3) is 0.771. The number of hydrogen-bond donors (Lipinski definition) is 22. The van der Waals surface area contributed by atoms with Gasteiger partial charge in [-0.05, 0) is 190 Å². The van der Waals surface area contributed by atoms with E-state index in [1.165, 1.54) is 64.7 Å². The van der Waals surface area contributed by atoms with Crippen LogP contribution >= 0.6 is 93.5 Å². The van der Waals surface area contributed by atoms with E-state index in [4.69, 9.17) is 84.3 Å². The van der Waals surface area contributed by atoms with Crippen LogP contribution in [0.1, 0.15) is 109 Å². The minimum Gasteiger partial charge on any atom is -0.388 e. The molecule has 12 fully saturated rings. The highest BCUT2D eigenvalue weighted by molar-refractivity contribution is 7.99. The summed E-state index contributed by atoms with van der Waals surface area (Å²) in [7, 11) is 1.94. The van der Waals surface area contributed by atoms with Crippen LogP contribution in [0.5, 0.6) is 0 Å². The Morgan fingerprint density at radius 3 is 1.03 bits per heavy atom. The van der Waals surface area contributed by atoms with Gasteiger partial charge in [-0.15, -0.1) is 93.5 Å². The Labute approximate surface area is 856 Å². The third-order valence-corrected chi connectivity index (χ3v) is 34.2. The molecule has 34 nitrogen and oxygen atoms in total. The zero-order valence-electron chi connectivity index (χ0n) is 80.4. The number of carbonyl (C=O) groups is 4. The summed E-state index contributed by atoms with van der Waals surface area (Å²) in [6.07, 6.45) is -3.38. The lowest BCUT2D eigenvalue weighted by Crippen LogP contribution is -2.65. The number of aryl methyl sites for hydroxylation is 2. The van der Waals surface area contributed by atoms with Crippen LogP contribution in [-0.2, 0) is 76.5 Å². The smallest absolute Gasteiger partial charge is 0.240 e. The molecule has 10 unspecified atom stereocenters. The monoisotopic (exact) mass is 2130 g/mol. The predicted octanol–water partition coefficient (Wildman–Crippen LogP) is 1.67. The lowest BCUT2D eigenvalue weighted by Gasteiger charge is -2.44. The molecule has 0 saturated carbocycles. The van der Waals surface area contributed by atoms with E-state index >= 15 is 0 Å². The van der Waals surface area contributed by atoms with Gasteiger partial charge in [-0.1, -0.05) is 60.7 Å². The van der Waals surface area contributed by atoms with Gasteiger partial charge >= 0.3 is 0 Å². The fourth-order valence-corrected chi connectivity index (χ4v) is 25.2. The van der Waals surface area contributed by atoms with Gasteiger partial charge in [0.2, 0.25) is 23.6 Å². The zero-order valence-corrected chi connectivity index (χ0v) is 86.7. The van der Waals surface area contributed by atoms with E-state index in [0.717, 1.165) is 82.6 Å². The Balaban J connectivity index is 0.000000168. The quantitative estimate of drug-likeness (QED) is 0.0422. The van der Waals surface area contributed by atoms with E-state index in [0.29, 0.717) is 82.6 Å². The largest absolute Gasteiger partial charge is 0.388 e. The first kappa shape index (κ1) is 116. The van der Waals surface area contributed by atoms with Gasteiger partial charge in [0.05, 0.1) is 70.1 Å². The number of thioether (sulfide) groups is 4. The molecule has 140 heavy (non-hydrogen) atoms. The predicted molar refractivity (Wildman–Crippen MR) is 533 cm³/mol. The van der Waals surface area contributed by atoms with E-state index in [1.54, 1.807) is 77.0 Å². The second-order valence-corrected chi connectivity index (χ2v) is 45.7. The summed E-state index contributed by atoms with van der Waals surface area (Å²) in [5.74, 6) is 0.0298. The summed E-state index contributed by atoms with van der Waals surface area (Å²) < 4.78 is 75.4. The molecule has 15 rings (SSSR count). The van der Waals surface area contributed by atoms with Crippen molar-refractivity contribution in [3.63, 3.8) is 0 Å². The third-order valence-electron chi connectivity index (χ3n) is 29.7. The summed E-state index contributed by atoms with van der Waals surface area (Å²) in [5.41, 5.74) is -0.0707. The van der Waals surface area contributed by atoms with Crippen LogP contribution in [-0.4, -0.2) is 395 Å². The van der Waals surface area contributed by atoms with Crippen LogP contribution in [0.4, 0.5) is 8.78 Å². The number of halogens is 6. The van der Waals surface area contributed by atoms with Crippen molar-refractivity contribution in [2.24, 2.45) is 35.5 Å². The van der Waals surface area contributed by atoms with E-state index < -0.39 is 189 Å². The number of rotatable bonds is 30. The highest BCUT2D eigenvalue weighted by Crippen LogP contribution is 2.41. The number of hydrogen-bond acceptors (Lipinski definition) is 34. The number of alkyl halides is 4. The standard InChI is InChI=1S/C26H38ClFN2O6S.C26H39ClN2O6S.C25H37ClFN3O6S.C19H34ClN3O6S/c1-13(27)18(24-21(32)20(31)22(33)26(36-24)37-2)30-25(34)19-23-16(12-29-19)10-15(8-9-35-23)7-6-14-4-3-5-17(28)11-14;1-14(27)18(24-21(31)20(30)22(32)26(35-24)36-2)29-25(33)19-23-17(13-28-19)12-16(10-11-34-23)9-8-15-6-4-3-5-7-15;1-12(26)17(23-20(32)19(31)21(33)25(36-23)37-2)30-24(34)18-22-14(11-29-18)9-15(7-8-35-22)28-10-13-5-3-4-6-16(13)27;1-8(20)11(17-14(25)13(24)15(26)19(29-17)30-3)23-18(27)12-16-9(7-22-12)6-10(21-2)4-5-28-16/h3-5,11,13,15-16,18-24,26,29,31-33H,6-10,12H2,1-2H3,(H,30,34);3-7,14,16-24,26,28,30-32H,8-13H2,1-2H3,(H,29,33);3-6,12,14-15,17-23,25,28-29,31-33H,7-11H2,1-2H3,(H,30,34);8-17,19,21-22,24-26H,4-7H2,1-3H3,(H,23,27)/t13-,15-,16-,18+,19-,20+,21?,22+,23+,24+,26?;14-,16-,17-,18+,19-,20+,21?,22+,23+,24+,26?;12-,14-,15?,17+,18-,19+,20?,21+,22+,23+,25?;8-,9-,10?,11+,12-,13+,14?,15+,16+,17+,19?/m0000/s1. The number of nitrogens with one attached hydrogen (secondary N) is 10. The molecule has 44 atom stereocenters. The molecule has 792 valence electrons. The molecule has 0 aliphatic carbocycles. The minimum atomic E-state index is -1.43.